The summed E-state index contributed by atoms with van der Waals surface area (Å²) < 4.78 is 15.0. The van der Waals surface area contributed by atoms with Crippen molar-refractivity contribution in [2.75, 3.05) is 5.32 Å². The Hall–Kier alpha value is -2.62. The van der Waals surface area contributed by atoms with Gasteiger partial charge in [-0.15, -0.1) is 0 Å². The molecule has 21 heavy (non-hydrogen) atoms. The molecule has 0 unspecified atom stereocenters. The smallest absolute Gasteiger partial charge is 0.272 e. The van der Waals surface area contributed by atoms with Crippen LogP contribution in [0.5, 0.6) is 0 Å². The van der Waals surface area contributed by atoms with E-state index in [-0.39, 0.29) is 11.7 Å². The molecule has 3 aromatic rings. The van der Waals surface area contributed by atoms with Crippen LogP contribution >= 0.6 is 0 Å². The largest absolute Gasteiger partial charge is 0.340 e. The van der Waals surface area contributed by atoms with E-state index in [2.05, 4.69) is 5.32 Å². The summed E-state index contributed by atoms with van der Waals surface area (Å²) in [5, 5.41) is 3.70. The zero-order chi connectivity index (χ0) is 15.0. The maximum atomic E-state index is 13.3. The standard InChI is InChI=1S/C17H15FN2O/c1-11-4-3-5-14(8-11)19-17(21)16-9-12-6-7-13(18)10-15(12)20(16)2/h3-10H,1-2H3,(H,19,21). The molecule has 4 heteroatoms. The zero-order valence-electron chi connectivity index (χ0n) is 11.9. The number of aromatic nitrogens is 1. The Morgan fingerprint density at radius 1 is 1.14 bits per heavy atom. The second kappa shape index (κ2) is 5.05. The number of nitrogens with one attached hydrogen (secondary N) is 1. The highest BCUT2D eigenvalue weighted by atomic mass is 19.1. The summed E-state index contributed by atoms with van der Waals surface area (Å²) >= 11 is 0. The maximum absolute atomic E-state index is 13.3. The van der Waals surface area contributed by atoms with Crippen molar-refractivity contribution >= 4 is 22.5 Å². The molecule has 1 N–H and O–H groups in total. The van der Waals surface area contributed by atoms with Crippen LogP contribution in [0.2, 0.25) is 0 Å². The van der Waals surface area contributed by atoms with Gasteiger partial charge in [0.15, 0.2) is 0 Å². The van der Waals surface area contributed by atoms with E-state index in [1.54, 1.807) is 23.7 Å². The maximum Gasteiger partial charge on any atom is 0.272 e. The summed E-state index contributed by atoms with van der Waals surface area (Å²) in [6.45, 7) is 1.97. The highest BCUT2D eigenvalue weighted by Gasteiger charge is 2.14. The van der Waals surface area contributed by atoms with Gasteiger partial charge in [0.05, 0.1) is 5.52 Å². The van der Waals surface area contributed by atoms with Crippen LogP contribution in [-0.2, 0) is 7.05 Å². The molecular weight excluding hydrogens is 267 g/mol. The van der Waals surface area contributed by atoms with Crippen LogP contribution in [0.3, 0.4) is 0 Å². The molecule has 2 aromatic carbocycles. The molecule has 0 spiro atoms. The Kier molecular flexibility index (Phi) is 3.22. The van der Waals surface area contributed by atoms with Crippen LogP contribution in [0.15, 0.2) is 48.5 Å². The predicted molar refractivity (Wildman–Crippen MR) is 82.0 cm³/mol. The topological polar surface area (TPSA) is 34.0 Å². The molecule has 3 rings (SSSR count). The van der Waals surface area contributed by atoms with E-state index in [0.29, 0.717) is 11.2 Å². The van der Waals surface area contributed by atoms with Crippen molar-refractivity contribution < 1.29 is 9.18 Å². The van der Waals surface area contributed by atoms with Gasteiger partial charge < -0.3 is 9.88 Å². The first-order valence-corrected chi connectivity index (χ1v) is 6.67. The number of anilines is 1. The summed E-state index contributed by atoms with van der Waals surface area (Å²) in [5.74, 6) is -0.519. The van der Waals surface area contributed by atoms with E-state index >= 15 is 0 Å². The summed E-state index contributed by atoms with van der Waals surface area (Å²) in [4.78, 5) is 12.4. The lowest BCUT2D eigenvalue weighted by atomic mass is 10.2. The van der Waals surface area contributed by atoms with E-state index in [1.807, 2.05) is 31.2 Å². The van der Waals surface area contributed by atoms with Gasteiger partial charge in [-0.25, -0.2) is 4.39 Å². The van der Waals surface area contributed by atoms with E-state index in [4.69, 9.17) is 0 Å². The Morgan fingerprint density at radius 2 is 1.95 bits per heavy atom. The quantitative estimate of drug-likeness (QED) is 0.760. The van der Waals surface area contributed by atoms with Crippen LogP contribution < -0.4 is 5.32 Å². The molecule has 0 aliphatic heterocycles. The molecular formula is C17H15FN2O. The Bertz CT molecular complexity index is 836. The normalized spacial score (nSPS) is 10.8. The minimum atomic E-state index is -0.311. The summed E-state index contributed by atoms with van der Waals surface area (Å²) in [7, 11) is 1.76. The van der Waals surface area contributed by atoms with Gasteiger partial charge in [0.25, 0.3) is 5.91 Å². The summed E-state index contributed by atoms with van der Waals surface area (Å²) in [5.41, 5.74) is 3.02. The first-order valence-electron chi connectivity index (χ1n) is 6.67. The van der Waals surface area contributed by atoms with Gasteiger partial charge in [-0.05, 0) is 48.9 Å². The van der Waals surface area contributed by atoms with Gasteiger partial charge in [-0.3, -0.25) is 4.79 Å². The van der Waals surface area contributed by atoms with Crippen LogP contribution in [0.25, 0.3) is 10.9 Å². The van der Waals surface area contributed by atoms with Crippen molar-refractivity contribution in [1.29, 1.82) is 0 Å². The number of benzene rings is 2. The minimum absolute atomic E-state index is 0.209. The Balaban J connectivity index is 1.96. The lowest BCUT2D eigenvalue weighted by Gasteiger charge is -2.07. The number of rotatable bonds is 2. The highest BCUT2D eigenvalue weighted by molar-refractivity contribution is 6.06. The van der Waals surface area contributed by atoms with Gasteiger partial charge in [0.2, 0.25) is 0 Å². The lowest BCUT2D eigenvalue weighted by Crippen LogP contribution is -2.15. The Labute approximate surface area is 122 Å². The van der Waals surface area contributed by atoms with E-state index in [1.165, 1.54) is 12.1 Å². The number of nitrogens with zero attached hydrogens (tertiary/aromatic N) is 1. The first-order chi connectivity index (χ1) is 10.0. The van der Waals surface area contributed by atoms with Crippen LogP contribution in [0.4, 0.5) is 10.1 Å². The molecule has 106 valence electrons. The van der Waals surface area contributed by atoms with Gasteiger partial charge in [-0.2, -0.15) is 0 Å². The molecule has 0 radical (unpaired) electrons. The van der Waals surface area contributed by atoms with E-state index in [9.17, 15) is 9.18 Å². The van der Waals surface area contributed by atoms with Crippen LogP contribution in [0.1, 0.15) is 16.1 Å². The number of carbonyl (C=O) groups is 1. The number of amides is 1. The lowest BCUT2D eigenvalue weighted by molar-refractivity contribution is 0.102. The molecule has 1 heterocycles. The first kappa shape index (κ1) is 13.4. The van der Waals surface area contributed by atoms with Crippen molar-refractivity contribution in [2.45, 2.75) is 6.92 Å². The molecule has 0 bridgehead atoms. The van der Waals surface area contributed by atoms with Crippen molar-refractivity contribution in [3.05, 3.63) is 65.6 Å². The molecule has 3 nitrogen and oxygen atoms in total. The minimum Gasteiger partial charge on any atom is -0.340 e. The van der Waals surface area contributed by atoms with Gasteiger partial charge in [0.1, 0.15) is 11.5 Å². The predicted octanol–water partition coefficient (Wildman–Crippen LogP) is 3.88. The van der Waals surface area contributed by atoms with Crippen LogP contribution in [0, 0.1) is 12.7 Å². The molecule has 0 atom stereocenters. The number of fused-ring (bicyclic) bond motifs is 1. The molecule has 0 aliphatic carbocycles. The molecule has 0 saturated heterocycles. The van der Waals surface area contributed by atoms with E-state index in [0.717, 1.165) is 16.6 Å². The second-order valence-corrected chi connectivity index (χ2v) is 5.12. The molecule has 1 aromatic heterocycles. The third-order valence-electron chi connectivity index (χ3n) is 3.52. The monoisotopic (exact) mass is 282 g/mol. The Morgan fingerprint density at radius 3 is 2.71 bits per heavy atom. The third kappa shape index (κ3) is 2.52. The fourth-order valence-electron chi connectivity index (χ4n) is 2.44. The number of hydrogen-bond acceptors (Lipinski definition) is 1. The van der Waals surface area contributed by atoms with Crippen LogP contribution in [-0.4, -0.2) is 10.5 Å². The van der Waals surface area contributed by atoms with E-state index < -0.39 is 0 Å². The number of aryl methyl sites for hydroxylation is 2. The average molecular weight is 282 g/mol. The average Bonchev–Trinajstić information content (AvgIpc) is 2.76. The SMILES string of the molecule is Cc1cccc(NC(=O)c2cc3ccc(F)cc3n2C)c1. The summed E-state index contributed by atoms with van der Waals surface area (Å²) in [6, 6.07) is 13.9. The molecule has 0 fully saturated rings. The number of carbonyl (C=O) groups excluding carboxylic acids is 1. The molecule has 1 amide bonds. The van der Waals surface area contributed by atoms with Crippen molar-refractivity contribution in [1.82, 2.24) is 4.57 Å². The highest BCUT2D eigenvalue weighted by Crippen LogP contribution is 2.21. The molecule has 0 saturated carbocycles. The number of halogens is 1. The zero-order valence-corrected chi connectivity index (χ0v) is 11.9. The van der Waals surface area contributed by atoms with Crippen molar-refractivity contribution in [3.63, 3.8) is 0 Å². The van der Waals surface area contributed by atoms with Crippen molar-refractivity contribution in [3.8, 4) is 0 Å². The van der Waals surface area contributed by atoms with Gasteiger partial charge in [0, 0.05) is 18.1 Å². The fraction of sp³-hybridized carbons (Fsp3) is 0.118. The molecule has 0 aliphatic rings. The van der Waals surface area contributed by atoms with Gasteiger partial charge in [-0.1, -0.05) is 12.1 Å². The summed E-state index contributed by atoms with van der Waals surface area (Å²) in [6.07, 6.45) is 0. The van der Waals surface area contributed by atoms with Gasteiger partial charge >= 0.3 is 0 Å². The van der Waals surface area contributed by atoms with Crippen molar-refractivity contribution in [2.24, 2.45) is 7.05 Å². The fourth-order valence-corrected chi connectivity index (χ4v) is 2.44. The third-order valence-corrected chi connectivity index (χ3v) is 3.52. The second-order valence-electron chi connectivity index (χ2n) is 5.12. The number of hydrogen-bond donors (Lipinski definition) is 1.